The van der Waals surface area contributed by atoms with E-state index in [1.807, 2.05) is 5.38 Å². The summed E-state index contributed by atoms with van der Waals surface area (Å²) in [6.07, 6.45) is 1.10. The molecule has 0 amide bonds. The van der Waals surface area contributed by atoms with E-state index in [0.717, 1.165) is 16.3 Å². The van der Waals surface area contributed by atoms with E-state index in [1.165, 1.54) is 24.5 Å². The first kappa shape index (κ1) is 12.5. The number of aryl methyl sites for hydroxylation is 1. The number of thiazole rings is 1. The van der Waals surface area contributed by atoms with Gasteiger partial charge in [-0.25, -0.2) is 9.37 Å². The molecule has 0 saturated carbocycles. The zero-order valence-electron chi connectivity index (χ0n) is 9.81. The number of nitriles is 1. The normalized spacial score (nSPS) is 10.1. The number of nitrogens with zero attached hydrogens (tertiary/aromatic N) is 2. The van der Waals surface area contributed by atoms with Crippen LogP contribution >= 0.6 is 11.3 Å². The van der Waals surface area contributed by atoms with Gasteiger partial charge in [0.05, 0.1) is 18.9 Å². The second-order valence-corrected chi connectivity index (χ2v) is 4.51. The third-order valence-corrected chi connectivity index (χ3v) is 3.38. The van der Waals surface area contributed by atoms with Gasteiger partial charge < -0.3 is 4.74 Å². The smallest absolute Gasteiger partial charge is 0.165 e. The van der Waals surface area contributed by atoms with E-state index in [2.05, 4.69) is 11.1 Å². The molecule has 0 unspecified atom stereocenters. The van der Waals surface area contributed by atoms with Crippen molar-refractivity contribution in [3.8, 4) is 22.4 Å². The predicted octanol–water partition coefficient (Wildman–Crippen LogP) is 3.41. The van der Waals surface area contributed by atoms with Gasteiger partial charge in [0.1, 0.15) is 5.01 Å². The molecule has 2 rings (SSSR count). The Bertz CT molecular complexity index is 589. The van der Waals surface area contributed by atoms with E-state index in [9.17, 15) is 4.39 Å². The van der Waals surface area contributed by atoms with E-state index in [-0.39, 0.29) is 11.6 Å². The number of ether oxygens (including phenoxy) is 1. The topological polar surface area (TPSA) is 45.9 Å². The van der Waals surface area contributed by atoms with E-state index in [1.54, 1.807) is 12.1 Å². The molecule has 18 heavy (non-hydrogen) atoms. The fraction of sp³-hybridized carbons (Fsp3) is 0.231. The van der Waals surface area contributed by atoms with Gasteiger partial charge in [0, 0.05) is 23.8 Å². The quantitative estimate of drug-likeness (QED) is 0.848. The largest absolute Gasteiger partial charge is 0.494 e. The summed E-state index contributed by atoms with van der Waals surface area (Å²) in [5.74, 6) is -0.177. The van der Waals surface area contributed by atoms with Crippen molar-refractivity contribution in [3.63, 3.8) is 0 Å². The van der Waals surface area contributed by atoms with Gasteiger partial charge in [0.15, 0.2) is 11.6 Å². The Balaban J connectivity index is 2.26. The molecule has 2 aromatic rings. The number of benzene rings is 1. The molecule has 0 saturated heterocycles. The molecular weight excluding hydrogens is 251 g/mol. The third-order valence-electron chi connectivity index (χ3n) is 2.44. The van der Waals surface area contributed by atoms with Crippen LogP contribution in [0.3, 0.4) is 0 Å². The van der Waals surface area contributed by atoms with E-state index < -0.39 is 0 Å². The highest BCUT2D eigenvalue weighted by Gasteiger charge is 2.08. The summed E-state index contributed by atoms with van der Waals surface area (Å²) in [6.45, 7) is 0. The lowest BCUT2D eigenvalue weighted by molar-refractivity contribution is 0.387. The average Bonchev–Trinajstić information content (AvgIpc) is 2.85. The Morgan fingerprint density at radius 1 is 1.50 bits per heavy atom. The van der Waals surface area contributed by atoms with Gasteiger partial charge in [-0.1, -0.05) is 0 Å². The second-order valence-electron chi connectivity index (χ2n) is 3.65. The molecule has 1 aromatic carbocycles. The van der Waals surface area contributed by atoms with Crippen molar-refractivity contribution < 1.29 is 9.13 Å². The molecule has 3 nitrogen and oxygen atoms in total. The van der Waals surface area contributed by atoms with Crippen molar-refractivity contribution in [3.05, 3.63) is 35.1 Å². The summed E-state index contributed by atoms with van der Waals surface area (Å²) >= 11 is 1.48. The van der Waals surface area contributed by atoms with Crippen LogP contribution in [0.15, 0.2) is 23.6 Å². The van der Waals surface area contributed by atoms with Crippen LogP contribution in [0.2, 0.25) is 0 Å². The Labute approximate surface area is 108 Å². The molecule has 0 N–H and O–H groups in total. The Morgan fingerprint density at radius 3 is 3.06 bits per heavy atom. The maximum absolute atomic E-state index is 13.3. The summed E-state index contributed by atoms with van der Waals surface area (Å²) in [5, 5.41) is 11.2. The molecule has 5 heteroatoms. The first-order valence-electron chi connectivity index (χ1n) is 5.40. The molecule has 0 aliphatic carbocycles. The molecule has 1 heterocycles. The van der Waals surface area contributed by atoms with Crippen LogP contribution < -0.4 is 4.74 Å². The standard InChI is InChI=1S/C13H11FN2OS/c1-17-12-7-9(4-5-11(12)14)13-16-10(8-18-13)3-2-6-15/h4-5,7-8H,2-3H2,1H3. The Hall–Kier alpha value is -1.93. The summed E-state index contributed by atoms with van der Waals surface area (Å²) in [7, 11) is 1.43. The van der Waals surface area contributed by atoms with Crippen molar-refractivity contribution in [2.24, 2.45) is 0 Å². The fourth-order valence-electron chi connectivity index (χ4n) is 1.53. The van der Waals surface area contributed by atoms with Crippen LogP contribution in [0.4, 0.5) is 4.39 Å². The zero-order chi connectivity index (χ0) is 13.0. The van der Waals surface area contributed by atoms with Crippen LogP contribution in [0, 0.1) is 17.1 Å². The molecular formula is C13H11FN2OS. The minimum Gasteiger partial charge on any atom is -0.494 e. The zero-order valence-corrected chi connectivity index (χ0v) is 10.6. The number of methoxy groups -OCH3 is 1. The maximum atomic E-state index is 13.3. The number of halogens is 1. The van der Waals surface area contributed by atoms with E-state index >= 15 is 0 Å². The summed E-state index contributed by atoms with van der Waals surface area (Å²) in [6, 6.07) is 6.75. The number of aromatic nitrogens is 1. The fourth-order valence-corrected chi connectivity index (χ4v) is 2.38. The summed E-state index contributed by atoms with van der Waals surface area (Å²) in [5.41, 5.74) is 1.71. The monoisotopic (exact) mass is 262 g/mol. The van der Waals surface area contributed by atoms with Gasteiger partial charge >= 0.3 is 0 Å². The number of hydrogen-bond acceptors (Lipinski definition) is 4. The molecule has 0 spiro atoms. The molecule has 0 aliphatic heterocycles. The van der Waals surface area contributed by atoms with Crippen molar-refractivity contribution in [1.82, 2.24) is 4.98 Å². The van der Waals surface area contributed by atoms with Gasteiger partial charge in [-0.2, -0.15) is 5.26 Å². The molecule has 0 bridgehead atoms. The lowest BCUT2D eigenvalue weighted by Crippen LogP contribution is -1.89. The van der Waals surface area contributed by atoms with Gasteiger partial charge in [-0.3, -0.25) is 0 Å². The minimum absolute atomic E-state index is 0.210. The highest BCUT2D eigenvalue weighted by atomic mass is 32.1. The van der Waals surface area contributed by atoms with Crippen LogP contribution in [-0.2, 0) is 6.42 Å². The Morgan fingerprint density at radius 2 is 2.33 bits per heavy atom. The average molecular weight is 262 g/mol. The lowest BCUT2D eigenvalue weighted by Gasteiger charge is -2.03. The van der Waals surface area contributed by atoms with Gasteiger partial charge in [0.2, 0.25) is 0 Å². The third kappa shape index (κ3) is 2.66. The molecule has 0 fully saturated rings. The molecule has 92 valence electrons. The predicted molar refractivity (Wildman–Crippen MR) is 68.0 cm³/mol. The van der Waals surface area contributed by atoms with E-state index in [4.69, 9.17) is 10.00 Å². The van der Waals surface area contributed by atoms with Crippen LogP contribution in [0.1, 0.15) is 12.1 Å². The number of rotatable bonds is 4. The maximum Gasteiger partial charge on any atom is 0.165 e. The minimum atomic E-state index is -0.387. The molecule has 1 aromatic heterocycles. The van der Waals surface area contributed by atoms with Gasteiger partial charge in [-0.15, -0.1) is 11.3 Å². The van der Waals surface area contributed by atoms with Crippen molar-refractivity contribution >= 4 is 11.3 Å². The highest BCUT2D eigenvalue weighted by Crippen LogP contribution is 2.28. The van der Waals surface area contributed by atoms with Gasteiger partial charge in [-0.05, 0) is 18.2 Å². The SMILES string of the molecule is COc1cc(-c2nc(CCC#N)cs2)ccc1F. The summed E-state index contributed by atoms with van der Waals surface area (Å²) < 4.78 is 18.2. The van der Waals surface area contributed by atoms with Gasteiger partial charge in [0.25, 0.3) is 0 Å². The number of hydrogen-bond donors (Lipinski definition) is 0. The second kappa shape index (κ2) is 5.61. The summed E-state index contributed by atoms with van der Waals surface area (Å²) in [4.78, 5) is 4.41. The van der Waals surface area contributed by atoms with Crippen LogP contribution in [-0.4, -0.2) is 12.1 Å². The highest BCUT2D eigenvalue weighted by molar-refractivity contribution is 7.13. The molecule has 0 aliphatic rings. The van der Waals surface area contributed by atoms with Crippen molar-refractivity contribution in [1.29, 1.82) is 5.26 Å². The van der Waals surface area contributed by atoms with E-state index in [0.29, 0.717) is 12.8 Å². The lowest BCUT2D eigenvalue weighted by atomic mass is 10.2. The van der Waals surface area contributed by atoms with Crippen molar-refractivity contribution in [2.75, 3.05) is 7.11 Å². The first-order valence-corrected chi connectivity index (χ1v) is 6.28. The van der Waals surface area contributed by atoms with Crippen molar-refractivity contribution in [2.45, 2.75) is 12.8 Å². The van der Waals surface area contributed by atoms with Crippen LogP contribution in [0.25, 0.3) is 10.6 Å². The molecule has 0 radical (unpaired) electrons. The van der Waals surface area contributed by atoms with Crippen LogP contribution in [0.5, 0.6) is 5.75 Å². The first-order chi connectivity index (χ1) is 8.74. The molecule has 0 atom stereocenters. The Kier molecular flexibility index (Phi) is 3.90.